The van der Waals surface area contributed by atoms with Crippen molar-refractivity contribution in [2.45, 2.75) is 51.4 Å². The molecule has 2 unspecified atom stereocenters. The maximum absolute atomic E-state index is 6.25. The molecule has 0 spiro atoms. The summed E-state index contributed by atoms with van der Waals surface area (Å²) in [5, 5.41) is 3.47. The van der Waals surface area contributed by atoms with Gasteiger partial charge in [-0.2, -0.15) is 0 Å². The van der Waals surface area contributed by atoms with Gasteiger partial charge in [0.15, 0.2) is 0 Å². The van der Waals surface area contributed by atoms with Crippen molar-refractivity contribution >= 4 is 0 Å². The van der Waals surface area contributed by atoms with Gasteiger partial charge in [-0.05, 0) is 47.2 Å². The standard InChI is InChI=1S/C17H27NO2/c1-16(2)11-13(17(3,4)20-16)15(18-5)12-9-7-8-10-14(12)19-6/h7-10,13,15,18H,11H2,1-6H3. The van der Waals surface area contributed by atoms with E-state index >= 15 is 0 Å². The first-order valence-electron chi connectivity index (χ1n) is 7.31. The third kappa shape index (κ3) is 2.84. The van der Waals surface area contributed by atoms with Crippen LogP contribution < -0.4 is 10.1 Å². The maximum atomic E-state index is 6.25. The van der Waals surface area contributed by atoms with Crippen LogP contribution in [0, 0.1) is 5.92 Å². The highest BCUT2D eigenvalue weighted by molar-refractivity contribution is 5.37. The summed E-state index contributed by atoms with van der Waals surface area (Å²) in [6, 6.07) is 8.46. The quantitative estimate of drug-likeness (QED) is 0.913. The van der Waals surface area contributed by atoms with Gasteiger partial charge in [-0.15, -0.1) is 0 Å². The molecule has 1 fully saturated rings. The third-order valence-electron chi connectivity index (χ3n) is 4.33. The van der Waals surface area contributed by atoms with E-state index in [0.717, 1.165) is 12.2 Å². The molecular formula is C17H27NO2. The van der Waals surface area contributed by atoms with E-state index in [1.54, 1.807) is 7.11 Å². The van der Waals surface area contributed by atoms with E-state index in [9.17, 15) is 0 Å². The fourth-order valence-electron chi connectivity index (χ4n) is 3.62. The van der Waals surface area contributed by atoms with Gasteiger partial charge in [0.05, 0.1) is 18.3 Å². The highest BCUT2D eigenvalue weighted by atomic mass is 16.5. The molecule has 0 saturated carbocycles. The molecule has 0 aliphatic carbocycles. The van der Waals surface area contributed by atoms with Gasteiger partial charge in [0, 0.05) is 17.5 Å². The van der Waals surface area contributed by atoms with Crippen molar-refractivity contribution in [1.29, 1.82) is 0 Å². The molecule has 112 valence electrons. The van der Waals surface area contributed by atoms with Crippen molar-refractivity contribution in [3.8, 4) is 5.75 Å². The lowest BCUT2D eigenvalue weighted by atomic mass is 9.78. The van der Waals surface area contributed by atoms with Crippen LogP contribution in [0.2, 0.25) is 0 Å². The highest BCUT2D eigenvalue weighted by Gasteiger charge is 2.49. The maximum Gasteiger partial charge on any atom is 0.123 e. The summed E-state index contributed by atoms with van der Waals surface area (Å²) >= 11 is 0. The zero-order valence-electron chi connectivity index (χ0n) is 13.5. The van der Waals surface area contributed by atoms with Gasteiger partial charge < -0.3 is 14.8 Å². The Labute approximate surface area is 122 Å². The number of benzene rings is 1. The minimum absolute atomic E-state index is 0.0781. The molecule has 3 nitrogen and oxygen atoms in total. The lowest BCUT2D eigenvalue weighted by molar-refractivity contribution is -0.0777. The lowest BCUT2D eigenvalue weighted by Gasteiger charge is -2.33. The first kappa shape index (κ1) is 15.3. The molecule has 1 heterocycles. The fraction of sp³-hybridized carbons (Fsp3) is 0.647. The molecule has 0 radical (unpaired) electrons. The second-order valence-corrected chi connectivity index (χ2v) is 6.78. The summed E-state index contributed by atoms with van der Waals surface area (Å²) in [5.41, 5.74) is 0.973. The fourth-order valence-corrected chi connectivity index (χ4v) is 3.62. The topological polar surface area (TPSA) is 30.5 Å². The minimum atomic E-state index is -0.155. The SMILES string of the molecule is CNC(c1ccccc1OC)C1CC(C)(C)OC1(C)C. The van der Waals surface area contributed by atoms with Crippen molar-refractivity contribution in [1.82, 2.24) is 5.32 Å². The van der Waals surface area contributed by atoms with Crippen LogP contribution in [0.4, 0.5) is 0 Å². The Bertz CT molecular complexity index is 468. The molecule has 0 amide bonds. The Morgan fingerprint density at radius 1 is 1.25 bits per heavy atom. The molecule has 1 aromatic rings. The average Bonchev–Trinajstić information content (AvgIpc) is 2.59. The van der Waals surface area contributed by atoms with Crippen LogP contribution in [0.5, 0.6) is 5.75 Å². The Kier molecular flexibility index (Phi) is 4.12. The van der Waals surface area contributed by atoms with E-state index in [0.29, 0.717) is 5.92 Å². The van der Waals surface area contributed by atoms with Crippen molar-refractivity contribution in [3.05, 3.63) is 29.8 Å². The molecular weight excluding hydrogens is 250 g/mol. The van der Waals surface area contributed by atoms with Crippen LogP contribution >= 0.6 is 0 Å². The van der Waals surface area contributed by atoms with Crippen LogP contribution in [-0.2, 0) is 4.74 Å². The summed E-state index contributed by atoms with van der Waals surface area (Å²) in [6.07, 6.45) is 1.03. The van der Waals surface area contributed by atoms with E-state index in [2.05, 4.69) is 45.1 Å². The van der Waals surface area contributed by atoms with Gasteiger partial charge in [-0.25, -0.2) is 0 Å². The van der Waals surface area contributed by atoms with E-state index in [4.69, 9.17) is 9.47 Å². The molecule has 0 aromatic heterocycles. The van der Waals surface area contributed by atoms with Gasteiger partial charge >= 0.3 is 0 Å². The van der Waals surface area contributed by atoms with Gasteiger partial charge in [0.1, 0.15) is 5.75 Å². The average molecular weight is 277 g/mol. The molecule has 20 heavy (non-hydrogen) atoms. The predicted molar refractivity (Wildman–Crippen MR) is 82.1 cm³/mol. The molecule has 2 atom stereocenters. The number of para-hydroxylation sites is 1. The molecule has 3 heteroatoms. The summed E-state index contributed by atoms with van der Waals surface area (Å²) in [5.74, 6) is 1.34. The number of rotatable bonds is 4. The number of hydrogen-bond acceptors (Lipinski definition) is 3. The molecule has 0 bridgehead atoms. The Hall–Kier alpha value is -1.06. The second kappa shape index (κ2) is 5.38. The Balaban J connectivity index is 2.38. The smallest absolute Gasteiger partial charge is 0.123 e. The normalized spacial score (nSPS) is 25.4. The number of methoxy groups -OCH3 is 1. The zero-order chi connectivity index (χ0) is 15.0. The monoisotopic (exact) mass is 277 g/mol. The third-order valence-corrected chi connectivity index (χ3v) is 4.33. The van der Waals surface area contributed by atoms with Gasteiger partial charge in [-0.3, -0.25) is 0 Å². The van der Waals surface area contributed by atoms with Gasteiger partial charge in [-0.1, -0.05) is 18.2 Å². The molecule has 1 aliphatic rings. The highest BCUT2D eigenvalue weighted by Crippen LogP contribution is 2.48. The summed E-state index contributed by atoms with van der Waals surface area (Å²) < 4.78 is 11.8. The van der Waals surface area contributed by atoms with Gasteiger partial charge in [0.25, 0.3) is 0 Å². The van der Waals surface area contributed by atoms with Crippen LogP contribution in [0.1, 0.15) is 45.7 Å². The van der Waals surface area contributed by atoms with E-state index < -0.39 is 0 Å². The van der Waals surface area contributed by atoms with E-state index in [-0.39, 0.29) is 17.2 Å². The van der Waals surface area contributed by atoms with Gasteiger partial charge in [0.2, 0.25) is 0 Å². The summed E-state index contributed by atoms with van der Waals surface area (Å²) in [7, 11) is 3.74. The van der Waals surface area contributed by atoms with Crippen molar-refractivity contribution in [2.75, 3.05) is 14.2 Å². The summed E-state index contributed by atoms with van der Waals surface area (Å²) in [4.78, 5) is 0. The number of ether oxygens (including phenoxy) is 2. The van der Waals surface area contributed by atoms with Crippen molar-refractivity contribution in [3.63, 3.8) is 0 Å². The lowest BCUT2D eigenvalue weighted by Crippen LogP contribution is -2.37. The Morgan fingerprint density at radius 3 is 2.40 bits per heavy atom. The predicted octanol–water partition coefficient (Wildman–Crippen LogP) is 3.55. The Morgan fingerprint density at radius 2 is 1.90 bits per heavy atom. The molecule has 1 saturated heterocycles. The second-order valence-electron chi connectivity index (χ2n) is 6.78. The molecule has 1 N–H and O–H groups in total. The molecule has 1 aromatic carbocycles. The molecule has 1 aliphatic heterocycles. The number of hydrogen-bond donors (Lipinski definition) is 1. The molecule has 2 rings (SSSR count). The first-order valence-corrected chi connectivity index (χ1v) is 7.31. The zero-order valence-corrected chi connectivity index (χ0v) is 13.5. The van der Waals surface area contributed by atoms with Crippen LogP contribution in [0.25, 0.3) is 0 Å². The van der Waals surface area contributed by atoms with Crippen LogP contribution in [-0.4, -0.2) is 25.4 Å². The van der Waals surface area contributed by atoms with E-state index in [1.165, 1.54) is 5.56 Å². The first-order chi connectivity index (χ1) is 9.30. The van der Waals surface area contributed by atoms with Crippen molar-refractivity contribution in [2.24, 2.45) is 5.92 Å². The van der Waals surface area contributed by atoms with Crippen LogP contribution in [0.15, 0.2) is 24.3 Å². The minimum Gasteiger partial charge on any atom is -0.496 e. The van der Waals surface area contributed by atoms with E-state index in [1.807, 2.05) is 19.2 Å². The number of nitrogens with one attached hydrogen (secondary N) is 1. The summed E-state index contributed by atoms with van der Waals surface area (Å²) in [6.45, 7) is 8.71. The van der Waals surface area contributed by atoms with Crippen molar-refractivity contribution < 1.29 is 9.47 Å². The van der Waals surface area contributed by atoms with Crippen LogP contribution in [0.3, 0.4) is 0 Å². The largest absolute Gasteiger partial charge is 0.496 e.